The van der Waals surface area contributed by atoms with Gasteiger partial charge in [-0.05, 0) is 0 Å². The standard InChI is InChI=1S/C9Cl2N4/c10-9(11)7(3-14)5(1-12)6(2-13)8(9)4-15. The number of rotatable bonds is 0. The molecule has 70 valence electrons. The van der Waals surface area contributed by atoms with Crippen LogP contribution in [0.1, 0.15) is 0 Å². The molecule has 1 aliphatic carbocycles. The maximum Gasteiger partial charge on any atom is 0.190 e. The summed E-state index contributed by atoms with van der Waals surface area (Å²) in [5.74, 6) is 0. The normalized spacial score (nSPS) is 17.7. The molecule has 6 heteroatoms. The van der Waals surface area contributed by atoms with Crippen molar-refractivity contribution in [3.8, 4) is 24.3 Å². The lowest BCUT2D eigenvalue weighted by Gasteiger charge is -2.11. The van der Waals surface area contributed by atoms with E-state index < -0.39 is 4.33 Å². The van der Waals surface area contributed by atoms with E-state index in [4.69, 9.17) is 44.2 Å². The second-order valence-electron chi connectivity index (χ2n) is 2.52. The summed E-state index contributed by atoms with van der Waals surface area (Å²) in [6.07, 6.45) is 0. The van der Waals surface area contributed by atoms with Gasteiger partial charge in [0.25, 0.3) is 0 Å². The molecule has 0 atom stereocenters. The summed E-state index contributed by atoms with van der Waals surface area (Å²) in [6, 6.07) is 6.55. The van der Waals surface area contributed by atoms with E-state index in [0.29, 0.717) is 0 Å². The molecule has 0 spiro atoms. The van der Waals surface area contributed by atoms with Crippen LogP contribution in [0.2, 0.25) is 0 Å². The molecular weight excluding hydrogens is 235 g/mol. The van der Waals surface area contributed by atoms with Gasteiger partial charge in [0, 0.05) is 0 Å². The molecule has 0 radical (unpaired) electrons. The molecule has 15 heavy (non-hydrogen) atoms. The highest BCUT2D eigenvalue weighted by molar-refractivity contribution is 6.54. The predicted molar refractivity (Wildman–Crippen MR) is 50.9 cm³/mol. The van der Waals surface area contributed by atoms with Crippen molar-refractivity contribution in [2.45, 2.75) is 4.33 Å². The molecule has 0 aromatic rings. The molecule has 0 N–H and O–H groups in total. The number of hydrogen-bond acceptors (Lipinski definition) is 4. The highest BCUT2D eigenvalue weighted by Crippen LogP contribution is 2.47. The Labute approximate surface area is 95.5 Å². The maximum absolute atomic E-state index is 8.76. The van der Waals surface area contributed by atoms with E-state index >= 15 is 0 Å². The van der Waals surface area contributed by atoms with Crippen LogP contribution in [-0.2, 0) is 0 Å². The number of nitrogens with zero attached hydrogens (tertiary/aromatic N) is 4. The third-order valence-corrected chi connectivity index (χ3v) is 2.58. The number of allylic oxidation sites excluding steroid dienone is 4. The minimum absolute atomic E-state index is 0.235. The zero-order valence-electron chi connectivity index (χ0n) is 7.04. The van der Waals surface area contributed by atoms with Crippen LogP contribution in [0.3, 0.4) is 0 Å². The van der Waals surface area contributed by atoms with E-state index in [1.165, 1.54) is 0 Å². The molecule has 0 saturated heterocycles. The molecule has 0 saturated carbocycles. The molecule has 0 fully saturated rings. The average molecular weight is 235 g/mol. The number of alkyl halides is 2. The third-order valence-electron chi connectivity index (χ3n) is 1.83. The number of hydrogen-bond donors (Lipinski definition) is 0. The van der Waals surface area contributed by atoms with E-state index in [-0.39, 0.29) is 22.3 Å². The molecule has 4 nitrogen and oxygen atoms in total. The van der Waals surface area contributed by atoms with Gasteiger partial charge in [0.15, 0.2) is 4.33 Å². The van der Waals surface area contributed by atoms with Gasteiger partial charge in [-0.25, -0.2) is 0 Å². The summed E-state index contributed by atoms with van der Waals surface area (Å²) >= 11 is 11.5. The van der Waals surface area contributed by atoms with Gasteiger partial charge < -0.3 is 0 Å². The molecule has 0 unspecified atom stereocenters. The molecule has 0 amide bonds. The van der Waals surface area contributed by atoms with Crippen molar-refractivity contribution < 1.29 is 0 Å². The molecule has 1 rings (SSSR count). The number of halogens is 2. The quantitative estimate of drug-likeness (QED) is 0.598. The first-order chi connectivity index (χ1) is 7.04. The van der Waals surface area contributed by atoms with Gasteiger partial charge in [-0.2, -0.15) is 21.0 Å². The molecule has 0 heterocycles. The lowest BCUT2D eigenvalue weighted by Crippen LogP contribution is -2.14. The van der Waals surface area contributed by atoms with Crippen LogP contribution in [0.4, 0.5) is 0 Å². The summed E-state index contributed by atoms with van der Waals surface area (Å²) in [4.78, 5) is 0. The monoisotopic (exact) mass is 234 g/mol. The lowest BCUT2D eigenvalue weighted by molar-refractivity contribution is 1.15. The first-order valence-electron chi connectivity index (χ1n) is 3.52. The Bertz CT molecular complexity index is 505. The van der Waals surface area contributed by atoms with Gasteiger partial charge in [0.1, 0.15) is 12.1 Å². The molecule has 0 aliphatic heterocycles. The van der Waals surface area contributed by atoms with Crippen LogP contribution in [0.5, 0.6) is 0 Å². The van der Waals surface area contributed by atoms with Crippen LogP contribution in [0.25, 0.3) is 0 Å². The second kappa shape index (κ2) is 3.64. The minimum atomic E-state index is -1.89. The zero-order valence-corrected chi connectivity index (χ0v) is 8.56. The smallest absolute Gasteiger partial charge is 0.190 e. The molecule has 0 aromatic heterocycles. The van der Waals surface area contributed by atoms with Gasteiger partial charge >= 0.3 is 0 Å². The predicted octanol–water partition coefficient (Wildman–Crippen LogP) is 1.86. The van der Waals surface area contributed by atoms with Crippen LogP contribution >= 0.6 is 23.2 Å². The Morgan fingerprint density at radius 2 is 1.07 bits per heavy atom. The first-order valence-corrected chi connectivity index (χ1v) is 4.28. The van der Waals surface area contributed by atoms with Crippen molar-refractivity contribution in [3.05, 3.63) is 22.3 Å². The fourth-order valence-electron chi connectivity index (χ4n) is 1.16. The Kier molecular flexibility index (Phi) is 2.69. The van der Waals surface area contributed by atoms with Crippen LogP contribution in [0, 0.1) is 45.3 Å². The van der Waals surface area contributed by atoms with E-state index in [1.807, 2.05) is 0 Å². The minimum Gasteiger partial charge on any atom is -0.193 e. The van der Waals surface area contributed by atoms with E-state index in [9.17, 15) is 0 Å². The number of nitriles is 4. The third kappa shape index (κ3) is 1.34. The Morgan fingerprint density at radius 3 is 1.27 bits per heavy atom. The maximum atomic E-state index is 8.76. The summed E-state index contributed by atoms with van der Waals surface area (Å²) in [5.41, 5.74) is -1.02. The zero-order chi connectivity index (χ0) is 11.6. The van der Waals surface area contributed by atoms with E-state index in [2.05, 4.69) is 0 Å². The SMILES string of the molecule is N#CC1=C(C#N)C(Cl)(Cl)C(C#N)=C1C#N. The highest BCUT2D eigenvalue weighted by atomic mass is 35.5. The molecule has 1 aliphatic rings. The van der Waals surface area contributed by atoms with Crippen molar-refractivity contribution in [1.82, 2.24) is 0 Å². The summed E-state index contributed by atoms with van der Waals surface area (Å²) in [7, 11) is 0. The van der Waals surface area contributed by atoms with Crippen molar-refractivity contribution in [3.63, 3.8) is 0 Å². The van der Waals surface area contributed by atoms with Crippen LogP contribution in [0.15, 0.2) is 22.3 Å². The van der Waals surface area contributed by atoms with E-state index in [1.54, 1.807) is 24.3 Å². The van der Waals surface area contributed by atoms with Crippen LogP contribution in [-0.4, -0.2) is 4.33 Å². The first kappa shape index (κ1) is 11.1. The molecule has 0 aromatic carbocycles. The highest BCUT2D eigenvalue weighted by Gasteiger charge is 2.46. The summed E-state index contributed by atoms with van der Waals surface area (Å²) in [5, 5.41) is 35.0. The Hall–Kier alpha value is -1.98. The summed E-state index contributed by atoms with van der Waals surface area (Å²) < 4.78 is -1.89. The van der Waals surface area contributed by atoms with Crippen LogP contribution < -0.4 is 0 Å². The van der Waals surface area contributed by atoms with Crippen molar-refractivity contribution in [2.24, 2.45) is 0 Å². The van der Waals surface area contributed by atoms with E-state index in [0.717, 1.165) is 0 Å². The molecular formula is C9Cl2N4. The fraction of sp³-hybridized carbons (Fsp3) is 0.111. The van der Waals surface area contributed by atoms with Crippen molar-refractivity contribution in [1.29, 1.82) is 21.0 Å². The van der Waals surface area contributed by atoms with Crippen molar-refractivity contribution in [2.75, 3.05) is 0 Å². The van der Waals surface area contributed by atoms with Gasteiger partial charge in [-0.3, -0.25) is 0 Å². The van der Waals surface area contributed by atoms with Gasteiger partial charge in [-0.15, -0.1) is 0 Å². The van der Waals surface area contributed by atoms with Gasteiger partial charge in [0.2, 0.25) is 0 Å². The van der Waals surface area contributed by atoms with Gasteiger partial charge in [-0.1, -0.05) is 23.2 Å². The Balaban J connectivity index is 3.68. The van der Waals surface area contributed by atoms with Gasteiger partial charge in [0.05, 0.1) is 34.4 Å². The topological polar surface area (TPSA) is 95.2 Å². The lowest BCUT2D eigenvalue weighted by atomic mass is 10.1. The molecule has 0 bridgehead atoms. The summed E-state index contributed by atoms with van der Waals surface area (Å²) in [6.45, 7) is 0. The average Bonchev–Trinajstić information content (AvgIpc) is 2.43. The fourth-order valence-corrected chi connectivity index (χ4v) is 1.71. The second-order valence-corrected chi connectivity index (χ2v) is 3.85. The van der Waals surface area contributed by atoms with Crippen molar-refractivity contribution >= 4 is 23.2 Å². The Morgan fingerprint density at radius 1 is 0.733 bits per heavy atom. The largest absolute Gasteiger partial charge is 0.193 e.